The van der Waals surface area contributed by atoms with Crippen LogP contribution in [0.4, 0.5) is 23.7 Å². The number of anilines is 1. The number of hydrogen-bond acceptors (Lipinski definition) is 7. The first-order chi connectivity index (χ1) is 15.8. The van der Waals surface area contributed by atoms with E-state index in [0.29, 0.717) is 6.54 Å². The summed E-state index contributed by atoms with van der Waals surface area (Å²) in [5.74, 6) is -0.538. The Labute approximate surface area is 189 Å². The molecule has 33 heavy (non-hydrogen) atoms. The van der Waals surface area contributed by atoms with Gasteiger partial charge >= 0.3 is 18.2 Å². The van der Waals surface area contributed by atoms with Gasteiger partial charge in [-0.3, -0.25) is 9.78 Å². The van der Waals surface area contributed by atoms with Crippen LogP contribution in [0.2, 0.25) is 0 Å². The van der Waals surface area contributed by atoms with Crippen LogP contribution in [0.25, 0.3) is 0 Å². The van der Waals surface area contributed by atoms with Crippen molar-refractivity contribution in [2.75, 3.05) is 38.6 Å². The van der Waals surface area contributed by atoms with E-state index in [4.69, 9.17) is 4.74 Å². The number of nitrogens with one attached hydrogen (secondary N) is 2. The number of esters is 1. The Morgan fingerprint density at radius 3 is 2.70 bits per heavy atom. The van der Waals surface area contributed by atoms with Crippen LogP contribution in [0, 0.1) is 0 Å². The molecule has 8 nitrogen and oxygen atoms in total. The van der Waals surface area contributed by atoms with Crippen molar-refractivity contribution in [3.8, 4) is 0 Å². The van der Waals surface area contributed by atoms with Crippen LogP contribution in [0.3, 0.4) is 0 Å². The molecule has 2 heterocycles. The van der Waals surface area contributed by atoms with Crippen LogP contribution in [0.1, 0.15) is 29.3 Å². The van der Waals surface area contributed by atoms with E-state index in [-0.39, 0.29) is 44.0 Å². The molecule has 2 N–H and O–H groups in total. The molecule has 1 aliphatic rings. The van der Waals surface area contributed by atoms with Crippen molar-refractivity contribution < 1.29 is 32.2 Å². The Hall–Kier alpha value is -3.34. The predicted octanol–water partition coefficient (Wildman–Crippen LogP) is 3.36. The number of rotatable bonds is 7. The molecule has 1 saturated heterocycles. The maximum atomic E-state index is 14.0. The standard InChI is InChI=1S/C22H25F3N4O4/c1-32-18(30)8-10-26-16-7-9-28-20(19(16)22(23,24)25)17-13-29(12-11-27-17)21(31)33-14-15-5-3-2-4-6-15/h2-7,9,17,27H,8,10-14H2,1H3,(H,26,28). The number of amides is 1. The molecule has 0 bridgehead atoms. The number of methoxy groups -OCH3 is 1. The van der Waals surface area contributed by atoms with Crippen LogP contribution in [-0.4, -0.2) is 55.2 Å². The highest BCUT2D eigenvalue weighted by molar-refractivity contribution is 5.70. The zero-order valence-corrected chi connectivity index (χ0v) is 18.0. The molecule has 2 aromatic rings. The molecule has 1 aliphatic heterocycles. The molecule has 0 spiro atoms. The highest BCUT2D eigenvalue weighted by atomic mass is 19.4. The Kier molecular flexibility index (Phi) is 8.10. The molecule has 0 radical (unpaired) electrons. The lowest BCUT2D eigenvalue weighted by Gasteiger charge is -2.34. The van der Waals surface area contributed by atoms with E-state index in [0.717, 1.165) is 5.56 Å². The zero-order valence-electron chi connectivity index (χ0n) is 18.0. The minimum absolute atomic E-state index is 0.0324. The van der Waals surface area contributed by atoms with Crippen molar-refractivity contribution in [2.45, 2.75) is 25.2 Å². The van der Waals surface area contributed by atoms with Crippen molar-refractivity contribution in [3.05, 3.63) is 59.4 Å². The number of aromatic nitrogens is 1. The Morgan fingerprint density at radius 1 is 1.24 bits per heavy atom. The Morgan fingerprint density at radius 2 is 2.00 bits per heavy atom. The molecule has 0 aliphatic carbocycles. The molecule has 0 saturated carbocycles. The Bertz CT molecular complexity index is 956. The predicted molar refractivity (Wildman–Crippen MR) is 113 cm³/mol. The van der Waals surface area contributed by atoms with Gasteiger partial charge in [0, 0.05) is 38.1 Å². The number of benzene rings is 1. The average Bonchev–Trinajstić information content (AvgIpc) is 2.82. The summed E-state index contributed by atoms with van der Waals surface area (Å²) in [6, 6.07) is 9.47. The lowest BCUT2D eigenvalue weighted by Crippen LogP contribution is -2.49. The third-order valence-electron chi connectivity index (χ3n) is 5.10. The number of nitrogens with zero attached hydrogens (tertiary/aromatic N) is 2. The first-order valence-corrected chi connectivity index (χ1v) is 10.4. The molecular formula is C22H25F3N4O4. The summed E-state index contributed by atoms with van der Waals surface area (Å²) in [7, 11) is 1.21. The molecule has 1 aromatic heterocycles. The third-order valence-corrected chi connectivity index (χ3v) is 5.10. The first kappa shape index (κ1) is 24.3. The molecular weight excluding hydrogens is 441 g/mol. The normalized spacial score (nSPS) is 16.2. The van der Waals surface area contributed by atoms with Crippen LogP contribution in [0.15, 0.2) is 42.6 Å². The van der Waals surface area contributed by atoms with Gasteiger partial charge in [0.1, 0.15) is 12.2 Å². The van der Waals surface area contributed by atoms with Gasteiger partial charge in [-0.1, -0.05) is 30.3 Å². The van der Waals surface area contributed by atoms with Crippen LogP contribution >= 0.6 is 0 Å². The van der Waals surface area contributed by atoms with Gasteiger partial charge in [0.15, 0.2) is 0 Å². The van der Waals surface area contributed by atoms with E-state index in [1.54, 1.807) is 0 Å². The lowest BCUT2D eigenvalue weighted by molar-refractivity contribution is -0.140. The van der Waals surface area contributed by atoms with Gasteiger partial charge in [-0.2, -0.15) is 13.2 Å². The summed E-state index contributed by atoms with van der Waals surface area (Å²) in [5.41, 5.74) is -0.552. The van der Waals surface area contributed by atoms with Crippen molar-refractivity contribution in [3.63, 3.8) is 0 Å². The molecule has 11 heteroatoms. The first-order valence-electron chi connectivity index (χ1n) is 10.4. The number of ether oxygens (including phenoxy) is 2. The molecule has 1 aromatic carbocycles. The quantitative estimate of drug-likeness (QED) is 0.605. The van der Waals surface area contributed by atoms with Crippen molar-refractivity contribution in [1.29, 1.82) is 0 Å². The SMILES string of the molecule is COC(=O)CCNc1ccnc(C2CN(C(=O)OCc3ccccc3)CCN2)c1C(F)(F)F. The van der Waals surface area contributed by atoms with Crippen LogP contribution in [0.5, 0.6) is 0 Å². The summed E-state index contributed by atoms with van der Waals surface area (Å²) in [5, 5.41) is 5.65. The number of alkyl halides is 3. The van der Waals surface area contributed by atoms with Gasteiger partial charge in [0.25, 0.3) is 0 Å². The fourth-order valence-corrected chi connectivity index (χ4v) is 3.50. The lowest BCUT2D eigenvalue weighted by atomic mass is 10.0. The second kappa shape index (κ2) is 11.0. The number of carbonyl (C=O) groups excluding carboxylic acids is 2. The number of halogens is 3. The molecule has 1 unspecified atom stereocenters. The smallest absolute Gasteiger partial charge is 0.420 e. The van der Waals surface area contributed by atoms with E-state index in [1.807, 2.05) is 30.3 Å². The van der Waals surface area contributed by atoms with Crippen molar-refractivity contribution in [2.24, 2.45) is 0 Å². The summed E-state index contributed by atoms with van der Waals surface area (Å²) in [6.45, 7) is 0.580. The van der Waals surface area contributed by atoms with E-state index in [9.17, 15) is 22.8 Å². The van der Waals surface area contributed by atoms with Gasteiger partial charge in [0.05, 0.1) is 25.3 Å². The van der Waals surface area contributed by atoms with Crippen LogP contribution < -0.4 is 10.6 Å². The monoisotopic (exact) mass is 466 g/mol. The van der Waals surface area contributed by atoms with E-state index in [2.05, 4.69) is 20.4 Å². The molecule has 3 rings (SSSR count). The second-order valence-corrected chi connectivity index (χ2v) is 7.36. The number of pyridine rings is 1. The number of piperazine rings is 1. The van der Waals surface area contributed by atoms with Crippen molar-refractivity contribution >= 4 is 17.7 Å². The van der Waals surface area contributed by atoms with Gasteiger partial charge in [-0.05, 0) is 11.6 Å². The summed E-state index contributed by atoms with van der Waals surface area (Å²) in [6.07, 6.45) is -4.13. The molecule has 1 atom stereocenters. The average molecular weight is 466 g/mol. The fraction of sp³-hybridized carbons (Fsp3) is 0.409. The molecule has 1 amide bonds. The number of hydrogen-bond donors (Lipinski definition) is 2. The third kappa shape index (κ3) is 6.58. The summed E-state index contributed by atoms with van der Waals surface area (Å²) in [4.78, 5) is 29.1. The fourth-order valence-electron chi connectivity index (χ4n) is 3.50. The minimum Gasteiger partial charge on any atom is -0.469 e. The maximum Gasteiger partial charge on any atom is 0.420 e. The largest absolute Gasteiger partial charge is 0.469 e. The van der Waals surface area contributed by atoms with E-state index < -0.39 is 29.8 Å². The molecule has 178 valence electrons. The van der Waals surface area contributed by atoms with Crippen molar-refractivity contribution in [1.82, 2.24) is 15.2 Å². The maximum absolute atomic E-state index is 14.0. The summed E-state index contributed by atoms with van der Waals surface area (Å²) >= 11 is 0. The van der Waals surface area contributed by atoms with Gasteiger partial charge in [-0.15, -0.1) is 0 Å². The zero-order chi connectivity index (χ0) is 23.8. The van der Waals surface area contributed by atoms with Gasteiger partial charge in [0.2, 0.25) is 0 Å². The minimum atomic E-state index is -4.70. The van der Waals surface area contributed by atoms with Gasteiger partial charge < -0.3 is 25.0 Å². The van der Waals surface area contributed by atoms with E-state index >= 15 is 0 Å². The Balaban J connectivity index is 1.73. The molecule has 1 fully saturated rings. The highest BCUT2D eigenvalue weighted by Crippen LogP contribution is 2.39. The van der Waals surface area contributed by atoms with Gasteiger partial charge in [-0.25, -0.2) is 4.79 Å². The number of carbonyl (C=O) groups is 2. The topological polar surface area (TPSA) is 92.8 Å². The van der Waals surface area contributed by atoms with Crippen LogP contribution in [-0.2, 0) is 27.1 Å². The van der Waals surface area contributed by atoms with E-state index in [1.165, 1.54) is 24.3 Å². The highest BCUT2D eigenvalue weighted by Gasteiger charge is 2.40. The summed E-state index contributed by atoms with van der Waals surface area (Å²) < 4.78 is 51.8. The second-order valence-electron chi connectivity index (χ2n) is 7.36.